The van der Waals surface area contributed by atoms with Gasteiger partial charge in [0.1, 0.15) is 0 Å². The van der Waals surface area contributed by atoms with Crippen LogP contribution in [0, 0.1) is 0 Å². The van der Waals surface area contributed by atoms with Gasteiger partial charge in [-0.3, -0.25) is 0 Å². The summed E-state index contributed by atoms with van der Waals surface area (Å²) in [6.07, 6.45) is 2.66. The van der Waals surface area contributed by atoms with E-state index >= 15 is 0 Å². The Bertz CT molecular complexity index is 502. The minimum absolute atomic E-state index is 0. The summed E-state index contributed by atoms with van der Waals surface area (Å²) in [4.78, 5) is 0.369. The standard InChI is InChI=1S/C13H20N2O2S.ClH/c1-2-11-5-7-13(8-6-11)18(16,17)15-9-3-4-12(14)10-15;/h5-8,12H,2-4,9-10,14H2,1H3;1H. The van der Waals surface area contributed by atoms with Crippen molar-refractivity contribution in [3.63, 3.8) is 0 Å². The number of piperidine rings is 1. The Kier molecular flexibility index (Phi) is 5.80. The van der Waals surface area contributed by atoms with Crippen molar-refractivity contribution in [3.8, 4) is 0 Å². The van der Waals surface area contributed by atoms with E-state index in [2.05, 4.69) is 0 Å². The maximum atomic E-state index is 12.4. The van der Waals surface area contributed by atoms with Crippen LogP contribution in [-0.4, -0.2) is 31.9 Å². The van der Waals surface area contributed by atoms with Crippen molar-refractivity contribution in [2.45, 2.75) is 37.1 Å². The van der Waals surface area contributed by atoms with E-state index in [-0.39, 0.29) is 18.4 Å². The molecule has 1 fully saturated rings. The first-order valence-corrected chi connectivity index (χ1v) is 7.82. The van der Waals surface area contributed by atoms with Crippen molar-refractivity contribution >= 4 is 22.4 Å². The third kappa shape index (κ3) is 3.69. The largest absolute Gasteiger partial charge is 0.327 e. The Balaban J connectivity index is 0.00000180. The molecule has 0 bridgehead atoms. The highest BCUT2D eigenvalue weighted by Crippen LogP contribution is 2.20. The second kappa shape index (κ2) is 6.70. The number of hydrogen-bond donors (Lipinski definition) is 1. The molecule has 1 saturated heterocycles. The summed E-state index contributed by atoms with van der Waals surface area (Å²) < 4.78 is 26.3. The molecule has 1 aliphatic rings. The maximum Gasteiger partial charge on any atom is 0.243 e. The fourth-order valence-electron chi connectivity index (χ4n) is 2.24. The number of nitrogens with two attached hydrogens (primary N) is 1. The van der Waals surface area contributed by atoms with E-state index < -0.39 is 10.0 Å². The van der Waals surface area contributed by atoms with Gasteiger partial charge in [-0.25, -0.2) is 8.42 Å². The van der Waals surface area contributed by atoms with Gasteiger partial charge in [0.2, 0.25) is 10.0 Å². The molecule has 0 amide bonds. The zero-order valence-electron chi connectivity index (χ0n) is 11.1. The van der Waals surface area contributed by atoms with E-state index in [1.54, 1.807) is 12.1 Å². The van der Waals surface area contributed by atoms with E-state index in [0.717, 1.165) is 24.8 Å². The highest BCUT2D eigenvalue weighted by molar-refractivity contribution is 7.89. The number of halogens is 1. The highest BCUT2D eigenvalue weighted by atomic mass is 35.5. The van der Waals surface area contributed by atoms with Crippen molar-refractivity contribution in [1.82, 2.24) is 4.31 Å². The molecule has 6 heteroatoms. The Morgan fingerprint density at radius 2 is 1.95 bits per heavy atom. The molecule has 19 heavy (non-hydrogen) atoms. The molecule has 1 aliphatic heterocycles. The Morgan fingerprint density at radius 1 is 1.32 bits per heavy atom. The first kappa shape index (κ1) is 16.4. The topological polar surface area (TPSA) is 63.4 Å². The second-order valence-electron chi connectivity index (χ2n) is 4.76. The summed E-state index contributed by atoms with van der Waals surface area (Å²) in [5, 5.41) is 0. The first-order chi connectivity index (χ1) is 8.54. The number of benzene rings is 1. The third-order valence-electron chi connectivity index (χ3n) is 3.39. The molecule has 1 heterocycles. The van der Waals surface area contributed by atoms with Crippen LogP contribution in [0.1, 0.15) is 25.3 Å². The molecule has 1 unspecified atom stereocenters. The van der Waals surface area contributed by atoms with Gasteiger partial charge in [0.25, 0.3) is 0 Å². The van der Waals surface area contributed by atoms with Crippen LogP contribution in [0.2, 0.25) is 0 Å². The van der Waals surface area contributed by atoms with Crippen LogP contribution in [0.5, 0.6) is 0 Å². The number of hydrogen-bond acceptors (Lipinski definition) is 3. The van der Waals surface area contributed by atoms with E-state index in [9.17, 15) is 8.42 Å². The molecule has 0 saturated carbocycles. The zero-order chi connectivity index (χ0) is 13.2. The Labute approximate surface area is 121 Å². The number of aryl methyl sites for hydroxylation is 1. The molecule has 1 aromatic carbocycles. The van der Waals surface area contributed by atoms with Gasteiger partial charge >= 0.3 is 0 Å². The Morgan fingerprint density at radius 3 is 2.47 bits per heavy atom. The van der Waals surface area contributed by atoms with E-state index in [1.165, 1.54) is 4.31 Å². The minimum atomic E-state index is -3.37. The lowest BCUT2D eigenvalue weighted by Gasteiger charge is -2.29. The number of sulfonamides is 1. The molecule has 1 atom stereocenters. The molecule has 2 N–H and O–H groups in total. The van der Waals surface area contributed by atoms with Crippen molar-refractivity contribution in [2.24, 2.45) is 5.73 Å². The van der Waals surface area contributed by atoms with Gasteiger partial charge in [-0.05, 0) is 37.0 Å². The SMILES string of the molecule is CCc1ccc(S(=O)(=O)N2CCCC(N)C2)cc1.Cl. The van der Waals surface area contributed by atoms with Crippen LogP contribution in [-0.2, 0) is 16.4 Å². The molecule has 0 radical (unpaired) electrons. The third-order valence-corrected chi connectivity index (χ3v) is 5.27. The quantitative estimate of drug-likeness (QED) is 0.926. The molecule has 2 rings (SSSR count). The van der Waals surface area contributed by atoms with E-state index in [4.69, 9.17) is 5.73 Å². The van der Waals surface area contributed by atoms with Gasteiger partial charge in [0.05, 0.1) is 4.90 Å². The summed E-state index contributed by atoms with van der Waals surface area (Å²) in [6, 6.07) is 7.08. The lowest BCUT2D eigenvalue weighted by molar-refractivity contribution is 0.316. The maximum absolute atomic E-state index is 12.4. The normalized spacial score (nSPS) is 20.8. The lowest BCUT2D eigenvalue weighted by Crippen LogP contribution is -2.45. The summed E-state index contributed by atoms with van der Waals surface area (Å²) in [7, 11) is -3.37. The lowest BCUT2D eigenvalue weighted by atomic mass is 10.1. The summed E-state index contributed by atoms with van der Waals surface area (Å²) in [5.41, 5.74) is 6.98. The van der Waals surface area contributed by atoms with Gasteiger partial charge in [-0.2, -0.15) is 4.31 Å². The zero-order valence-corrected chi connectivity index (χ0v) is 12.7. The molecule has 0 aliphatic carbocycles. The van der Waals surface area contributed by atoms with Crippen LogP contribution in [0.3, 0.4) is 0 Å². The van der Waals surface area contributed by atoms with Gasteiger partial charge < -0.3 is 5.73 Å². The number of nitrogens with zero attached hydrogens (tertiary/aromatic N) is 1. The smallest absolute Gasteiger partial charge is 0.243 e. The van der Waals surface area contributed by atoms with E-state index in [0.29, 0.717) is 18.0 Å². The average Bonchev–Trinajstić information content (AvgIpc) is 2.39. The first-order valence-electron chi connectivity index (χ1n) is 6.38. The Hall–Kier alpha value is -0.620. The summed E-state index contributed by atoms with van der Waals surface area (Å²) in [6.45, 7) is 3.05. The predicted molar refractivity (Wildman–Crippen MR) is 79.0 cm³/mol. The summed E-state index contributed by atoms with van der Waals surface area (Å²) in [5.74, 6) is 0. The fraction of sp³-hybridized carbons (Fsp3) is 0.538. The van der Waals surface area contributed by atoms with Gasteiger partial charge in [0, 0.05) is 19.1 Å². The van der Waals surface area contributed by atoms with Crippen molar-refractivity contribution in [3.05, 3.63) is 29.8 Å². The molecular formula is C13H21ClN2O2S. The molecular weight excluding hydrogens is 284 g/mol. The highest BCUT2D eigenvalue weighted by Gasteiger charge is 2.28. The second-order valence-corrected chi connectivity index (χ2v) is 6.70. The molecule has 0 spiro atoms. The predicted octanol–water partition coefficient (Wildman–Crippen LogP) is 1.78. The van der Waals surface area contributed by atoms with Crippen LogP contribution in [0.25, 0.3) is 0 Å². The molecule has 4 nitrogen and oxygen atoms in total. The van der Waals surface area contributed by atoms with Crippen LogP contribution in [0.15, 0.2) is 29.2 Å². The average molecular weight is 305 g/mol. The van der Waals surface area contributed by atoms with Crippen LogP contribution >= 0.6 is 12.4 Å². The van der Waals surface area contributed by atoms with Crippen LogP contribution < -0.4 is 5.73 Å². The summed E-state index contributed by atoms with van der Waals surface area (Å²) >= 11 is 0. The van der Waals surface area contributed by atoms with E-state index in [1.807, 2.05) is 19.1 Å². The monoisotopic (exact) mass is 304 g/mol. The van der Waals surface area contributed by atoms with Crippen molar-refractivity contribution in [2.75, 3.05) is 13.1 Å². The van der Waals surface area contributed by atoms with Gasteiger partial charge in [-0.1, -0.05) is 19.1 Å². The van der Waals surface area contributed by atoms with Crippen molar-refractivity contribution < 1.29 is 8.42 Å². The minimum Gasteiger partial charge on any atom is -0.327 e. The number of rotatable bonds is 3. The molecule has 108 valence electrons. The fourth-order valence-corrected chi connectivity index (χ4v) is 3.77. The van der Waals surface area contributed by atoms with Gasteiger partial charge in [0.15, 0.2) is 0 Å². The molecule has 1 aromatic rings. The molecule has 0 aromatic heterocycles. The van der Waals surface area contributed by atoms with Crippen LogP contribution in [0.4, 0.5) is 0 Å². The van der Waals surface area contributed by atoms with Gasteiger partial charge in [-0.15, -0.1) is 12.4 Å². The van der Waals surface area contributed by atoms with Crippen molar-refractivity contribution in [1.29, 1.82) is 0 Å².